The van der Waals surface area contributed by atoms with Gasteiger partial charge in [0.1, 0.15) is 12.2 Å². The summed E-state index contributed by atoms with van der Waals surface area (Å²) in [5, 5.41) is 9.57. The Morgan fingerprint density at radius 2 is 1.77 bits per heavy atom. The van der Waals surface area contributed by atoms with Crippen LogP contribution >= 0.6 is 0 Å². The maximum Gasteiger partial charge on any atom is 0.309 e. The van der Waals surface area contributed by atoms with E-state index in [1.54, 1.807) is 36.6 Å². The molecule has 2 heterocycles. The summed E-state index contributed by atoms with van der Waals surface area (Å²) in [6.07, 6.45) is 5.61. The number of aliphatic hydroxyl groups excluding tert-OH is 1. The Morgan fingerprint density at radius 3 is 2.44 bits per heavy atom. The van der Waals surface area contributed by atoms with E-state index in [-0.39, 0.29) is 56.9 Å². The van der Waals surface area contributed by atoms with Crippen LogP contribution in [0.1, 0.15) is 64.9 Å². The molecule has 0 bridgehead atoms. The smallest absolute Gasteiger partial charge is 0.309 e. The molecular weight excluding hydrogens is 500 g/mol. The summed E-state index contributed by atoms with van der Waals surface area (Å²) in [5.74, 6) is -2.53. The molecule has 2 aliphatic heterocycles. The van der Waals surface area contributed by atoms with Gasteiger partial charge in [-0.2, -0.15) is 0 Å². The van der Waals surface area contributed by atoms with Gasteiger partial charge in [0.2, 0.25) is 11.8 Å². The zero-order chi connectivity index (χ0) is 28.4. The van der Waals surface area contributed by atoms with E-state index in [1.165, 1.54) is 0 Å². The third-order valence-electron chi connectivity index (χ3n) is 6.96. The standard InChI is InChI=1S/C30H42N2O7/c1-30(2,3)39-27(35)19-24-13-8-7-12-23(28(36)32-15-9-14-25(32)21-38-29(24)37)18-26(34)31(16-17-33)20-22-10-5-4-6-11-22/h4-8,10-11,23-25,33H,9,12-21H2,1-3H3/b8-7-/t23-,24-,25+/m0/s1. The molecule has 2 aliphatic rings. The van der Waals surface area contributed by atoms with E-state index >= 15 is 0 Å². The highest BCUT2D eigenvalue weighted by Gasteiger charge is 2.36. The maximum absolute atomic E-state index is 13.6. The maximum atomic E-state index is 13.6. The van der Waals surface area contributed by atoms with Crippen molar-refractivity contribution in [1.29, 1.82) is 0 Å². The predicted octanol–water partition coefficient (Wildman–Crippen LogP) is 3.25. The monoisotopic (exact) mass is 542 g/mol. The van der Waals surface area contributed by atoms with Crippen LogP contribution in [0.3, 0.4) is 0 Å². The molecule has 0 radical (unpaired) electrons. The quantitative estimate of drug-likeness (QED) is 0.396. The molecule has 9 nitrogen and oxygen atoms in total. The highest BCUT2D eigenvalue weighted by molar-refractivity contribution is 5.86. The van der Waals surface area contributed by atoms with Gasteiger partial charge in [-0.3, -0.25) is 19.2 Å². The molecule has 2 amide bonds. The van der Waals surface area contributed by atoms with E-state index in [0.717, 1.165) is 12.0 Å². The van der Waals surface area contributed by atoms with Gasteiger partial charge >= 0.3 is 11.9 Å². The number of cyclic esters (lactones) is 1. The van der Waals surface area contributed by atoms with Gasteiger partial charge in [0.15, 0.2) is 0 Å². The zero-order valence-corrected chi connectivity index (χ0v) is 23.3. The van der Waals surface area contributed by atoms with E-state index in [4.69, 9.17) is 9.47 Å². The Balaban J connectivity index is 1.76. The van der Waals surface area contributed by atoms with Crippen LogP contribution in [0.5, 0.6) is 0 Å². The fourth-order valence-electron chi connectivity index (χ4n) is 5.03. The molecule has 3 rings (SSSR count). The molecule has 1 saturated heterocycles. The summed E-state index contributed by atoms with van der Waals surface area (Å²) in [5.41, 5.74) is 0.290. The number of hydrogen-bond acceptors (Lipinski definition) is 7. The lowest BCUT2D eigenvalue weighted by atomic mass is 9.95. The van der Waals surface area contributed by atoms with Crippen LogP contribution in [0.15, 0.2) is 42.5 Å². The van der Waals surface area contributed by atoms with E-state index in [2.05, 4.69) is 0 Å². The van der Waals surface area contributed by atoms with Crippen molar-refractivity contribution in [2.75, 3.05) is 26.3 Å². The molecule has 0 unspecified atom stereocenters. The molecule has 1 fully saturated rings. The SMILES string of the molecule is CC(C)(C)OC(=O)C[C@@H]1C/C=C\C[C@@H](CC(=O)N(CCO)Cc2ccccc2)C(=O)N2CCC[C@@H]2COC1=O. The molecule has 0 aromatic heterocycles. The Hall–Kier alpha value is -3.20. The molecule has 9 heteroatoms. The number of esters is 2. The average molecular weight is 543 g/mol. The first-order valence-corrected chi connectivity index (χ1v) is 13.8. The Labute approximate surface area is 231 Å². The van der Waals surface area contributed by atoms with Crippen molar-refractivity contribution in [2.24, 2.45) is 11.8 Å². The minimum absolute atomic E-state index is 0.0142. The highest BCUT2D eigenvalue weighted by Crippen LogP contribution is 2.26. The molecular formula is C30H42N2O7. The number of carbonyl (C=O) groups is 4. The van der Waals surface area contributed by atoms with Gasteiger partial charge in [-0.1, -0.05) is 42.5 Å². The largest absolute Gasteiger partial charge is 0.463 e. The molecule has 0 aliphatic carbocycles. The lowest BCUT2D eigenvalue weighted by molar-refractivity contribution is -0.162. The number of aliphatic hydroxyl groups is 1. The number of ether oxygens (including phenoxy) is 2. The van der Waals surface area contributed by atoms with Crippen LogP contribution in [0, 0.1) is 11.8 Å². The van der Waals surface area contributed by atoms with Gasteiger partial charge in [0.25, 0.3) is 0 Å². The summed E-state index contributed by atoms with van der Waals surface area (Å²) < 4.78 is 11.0. The zero-order valence-electron chi connectivity index (χ0n) is 23.3. The molecule has 1 aromatic carbocycles. The van der Waals surface area contributed by atoms with Gasteiger partial charge in [0.05, 0.1) is 30.9 Å². The van der Waals surface area contributed by atoms with E-state index < -0.39 is 29.4 Å². The van der Waals surface area contributed by atoms with Crippen LogP contribution < -0.4 is 0 Å². The highest BCUT2D eigenvalue weighted by atomic mass is 16.6. The second kappa shape index (κ2) is 14.3. The van der Waals surface area contributed by atoms with Crippen molar-refractivity contribution in [1.82, 2.24) is 9.80 Å². The van der Waals surface area contributed by atoms with Gasteiger partial charge in [-0.25, -0.2) is 0 Å². The number of hydrogen-bond donors (Lipinski definition) is 1. The van der Waals surface area contributed by atoms with E-state index in [1.807, 2.05) is 36.4 Å². The first-order valence-electron chi connectivity index (χ1n) is 13.8. The summed E-state index contributed by atoms with van der Waals surface area (Å²) in [7, 11) is 0. The minimum atomic E-state index is -0.688. The van der Waals surface area contributed by atoms with Crippen LogP contribution in [-0.2, 0) is 35.2 Å². The number of allylic oxidation sites excluding steroid dienone is 2. The Bertz CT molecular complexity index is 1020. The molecule has 0 saturated carbocycles. The van der Waals surface area contributed by atoms with Gasteiger partial charge < -0.3 is 24.4 Å². The Morgan fingerprint density at radius 1 is 1.08 bits per heavy atom. The van der Waals surface area contributed by atoms with Crippen LogP contribution in [0.2, 0.25) is 0 Å². The molecule has 1 N–H and O–H groups in total. The fraction of sp³-hybridized carbons (Fsp3) is 0.600. The van der Waals surface area contributed by atoms with Crippen LogP contribution in [0.4, 0.5) is 0 Å². The molecule has 1 aromatic rings. The molecule has 3 atom stereocenters. The van der Waals surface area contributed by atoms with Gasteiger partial charge in [-0.15, -0.1) is 0 Å². The van der Waals surface area contributed by atoms with Crippen molar-refractivity contribution < 1.29 is 33.8 Å². The van der Waals surface area contributed by atoms with Crippen molar-refractivity contribution in [3.63, 3.8) is 0 Å². The number of nitrogens with zero attached hydrogens (tertiary/aromatic N) is 2. The second-order valence-corrected chi connectivity index (χ2v) is 11.3. The average Bonchev–Trinajstić information content (AvgIpc) is 3.35. The van der Waals surface area contributed by atoms with Crippen molar-refractivity contribution in [2.45, 2.75) is 77.5 Å². The number of fused-ring (bicyclic) bond motifs is 1. The summed E-state index contributed by atoms with van der Waals surface area (Å²) in [4.78, 5) is 55.6. The minimum Gasteiger partial charge on any atom is -0.463 e. The van der Waals surface area contributed by atoms with Crippen LogP contribution in [-0.4, -0.2) is 76.6 Å². The second-order valence-electron chi connectivity index (χ2n) is 11.3. The third kappa shape index (κ3) is 9.49. The predicted molar refractivity (Wildman–Crippen MR) is 145 cm³/mol. The van der Waals surface area contributed by atoms with Crippen LogP contribution in [0.25, 0.3) is 0 Å². The summed E-state index contributed by atoms with van der Waals surface area (Å²) >= 11 is 0. The first-order chi connectivity index (χ1) is 18.6. The topological polar surface area (TPSA) is 113 Å². The molecule has 214 valence electrons. The third-order valence-corrected chi connectivity index (χ3v) is 6.96. The Kier molecular flexibility index (Phi) is 11.1. The first kappa shape index (κ1) is 30.3. The van der Waals surface area contributed by atoms with Crippen molar-refractivity contribution >= 4 is 23.8 Å². The van der Waals surface area contributed by atoms with E-state index in [9.17, 15) is 24.3 Å². The summed E-state index contributed by atoms with van der Waals surface area (Å²) in [6.45, 7) is 6.29. The van der Waals surface area contributed by atoms with Gasteiger partial charge in [0, 0.05) is 26.1 Å². The van der Waals surface area contributed by atoms with E-state index in [0.29, 0.717) is 25.9 Å². The number of benzene rings is 1. The van der Waals surface area contributed by atoms with Crippen molar-refractivity contribution in [3.8, 4) is 0 Å². The lowest BCUT2D eigenvalue weighted by Crippen LogP contribution is -2.44. The molecule has 0 spiro atoms. The number of amides is 2. The fourth-order valence-corrected chi connectivity index (χ4v) is 5.03. The normalized spacial score (nSPS) is 23.2. The number of rotatable bonds is 8. The number of carbonyl (C=O) groups excluding carboxylic acids is 4. The lowest BCUT2D eigenvalue weighted by Gasteiger charge is -2.30. The summed E-state index contributed by atoms with van der Waals surface area (Å²) in [6, 6.07) is 9.28. The molecule has 39 heavy (non-hydrogen) atoms. The van der Waals surface area contributed by atoms with Gasteiger partial charge in [-0.05, 0) is 52.0 Å². The van der Waals surface area contributed by atoms with Crippen molar-refractivity contribution in [3.05, 3.63) is 48.0 Å².